The standard InChI is InChI=1S/C13H18ClFN2/c14-10-8-12(15)13(16-9-10)17-11-6-4-2-1-3-5-7-11/h8-9,11H,1-7H2,(H,16,17). The molecule has 0 spiro atoms. The molecule has 1 aromatic rings. The van der Waals surface area contributed by atoms with Crippen LogP contribution in [0.3, 0.4) is 0 Å². The fourth-order valence-electron chi connectivity index (χ4n) is 2.31. The van der Waals surface area contributed by atoms with Gasteiger partial charge >= 0.3 is 0 Å². The lowest BCUT2D eigenvalue weighted by Gasteiger charge is -2.21. The molecular weight excluding hydrogens is 239 g/mol. The molecule has 1 N–H and O–H groups in total. The minimum absolute atomic E-state index is 0.333. The van der Waals surface area contributed by atoms with Crippen molar-refractivity contribution in [2.24, 2.45) is 0 Å². The summed E-state index contributed by atoms with van der Waals surface area (Å²) < 4.78 is 13.6. The van der Waals surface area contributed by atoms with E-state index in [1.54, 1.807) is 0 Å². The van der Waals surface area contributed by atoms with Crippen molar-refractivity contribution in [2.45, 2.75) is 51.0 Å². The van der Waals surface area contributed by atoms with Crippen LogP contribution in [-0.2, 0) is 0 Å². The van der Waals surface area contributed by atoms with E-state index in [0.717, 1.165) is 12.8 Å². The smallest absolute Gasteiger partial charge is 0.166 e. The van der Waals surface area contributed by atoms with Crippen LogP contribution in [0.1, 0.15) is 44.9 Å². The topological polar surface area (TPSA) is 24.9 Å². The van der Waals surface area contributed by atoms with Crippen LogP contribution in [0.15, 0.2) is 12.3 Å². The van der Waals surface area contributed by atoms with Crippen molar-refractivity contribution in [2.75, 3.05) is 5.32 Å². The Labute approximate surface area is 107 Å². The van der Waals surface area contributed by atoms with Gasteiger partial charge in [0.25, 0.3) is 0 Å². The maximum absolute atomic E-state index is 13.6. The molecule has 0 radical (unpaired) electrons. The van der Waals surface area contributed by atoms with Crippen LogP contribution in [0.2, 0.25) is 5.02 Å². The highest BCUT2D eigenvalue weighted by molar-refractivity contribution is 6.30. The van der Waals surface area contributed by atoms with Crippen molar-refractivity contribution in [3.63, 3.8) is 0 Å². The highest BCUT2D eigenvalue weighted by Crippen LogP contribution is 2.22. The van der Waals surface area contributed by atoms with Crippen LogP contribution in [0.4, 0.5) is 10.2 Å². The summed E-state index contributed by atoms with van der Waals surface area (Å²) in [5.41, 5.74) is 0. The number of halogens is 2. The van der Waals surface area contributed by atoms with Crippen LogP contribution in [0.5, 0.6) is 0 Å². The van der Waals surface area contributed by atoms with E-state index in [-0.39, 0.29) is 5.82 Å². The van der Waals surface area contributed by atoms with Gasteiger partial charge in [0.05, 0.1) is 5.02 Å². The predicted octanol–water partition coefficient (Wildman–Crippen LogP) is 4.40. The molecule has 1 heterocycles. The summed E-state index contributed by atoms with van der Waals surface area (Å²) in [5.74, 6) is -0.0282. The zero-order chi connectivity index (χ0) is 12.1. The molecular formula is C13H18ClFN2. The minimum Gasteiger partial charge on any atom is -0.365 e. The normalized spacial score (nSPS) is 18.5. The molecule has 0 bridgehead atoms. The lowest BCUT2D eigenvalue weighted by molar-refractivity contribution is 0.468. The fourth-order valence-corrected chi connectivity index (χ4v) is 2.46. The third kappa shape index (κ3) is 3.84. The Kier molecular flexibility index (Phi) is 4.60. The second-order valence-corrected chi connectivity index (χ2v) is 5.11. The number of hydrogen-bond acceptors (Lipinski definition) is 2. The number of hydrogen-bond donors (Lipinski definition) is 1. The molecule has 4 heteroatoms. The predicted molar refractivity (Wildman–Crippen MR) is 68.9 cm³/mol. The Morgan fingerprint density at radius 1 is 1.18 bits per heavy atom. The van der Waals surface area contributed by atoms with E-state index in [1.807, 2.05) is 0 Å². The number of nitrogens with zero attached hydrogens (tertiary/aromatic N) is 1. The molecule has 1 aromatic heterocycles. The average molecular weight is 257 g/mol. The second-order valence-electron chi connectivity index (χ2n) is 4.67. The second kappa shape index (κ2) is 6.20. The maximum atomic E-state index is 13.6. The highest BCUT2D eigenvalue weighted by Gasteiger charge is 2.13. The lowest BCUT2D eigenvalue weighted by atomic mass is 9.97. The molecule has 0 saturated heterocycles. The molecule has 94 valence electrons. The zero-order valence-corrected chi connectivity index (χ0v) is 10.6. The van der Waals surface area contributed by atoms with Crippen molar-refractivity contribution >= 4 is 17.4 Å². The quantitative estimate of drug-likeness (QED) is 0.848. The summed E-state index contributed by atoms with van der Waals surface area (Å²) in [7, 11) is 0. The summed E-state index contributed by atoms with van der Waals surface area (Å²) in [6, 6.07) is 1.65. The molecule has 0 unspecified atom stereocenters. The van der Waals surface area contributed by atoms with Crippen LogP contribution in [-0.4, -0.2) is 11.0 Å². The van der Waals surface area contributed by atoms with E-state index in [0.29, 0.717) is 16.9 Å². The molecule has 1 fully saturated rings. The van der Waals surface area contributed by atoms with Crippen LogP contribution in [0, 0.1) is 5.82 Å². The first-order valence-corrected chi connectivity index (χ1v) is 6.71. The van der Waals surface area contributed by atoms with Gasteiger partial charge in [-0.15, -0.1) is 0 Å². The van der Waals surface area contributed by atoms with Gasteiger partial charge in [0.15, 0.2) is 11.6 Å². The number of anilines is 1. The van der Waals surface area contributed by atoms with E-state index in [1.165, 1.54) is 44.4 Å². The molecule has 0 aliphatic heterocycles. The molecule has 0 atom stereocenters. The molecule has 2 nitrogen and oxygen atoms in total. The SMILES string of the molecule is Fc1cc(Cl)cnc1NC1CCCCCCC1. The van der Waals surface area contributed by atoms with Gasteiger partial charge in [0.2, 0.25) is 0 Å². The average Bonchev–Trinajstić information content (AvgIpc) is 2.25. The summed E-state index contributed by atoms with van der Waals surface area (Å²) >= 11 is 5.68. The largest absolute Gasteiger partial charge is 0.365 e. The molecule has 1 aliphatic carbocycles. The molecule has 17 heavy (non-hydrogen) atoms. The zero-order valence-electron chi connectivity index (χ0n) is 9.88. The van der Waals surface area contributed by atoms with Gasteiger partial charge in [-0.1, -0.05) is 43.7 Å². The summed E-state index contributed by atoms with van der Waals surface area (Å²) in [5, 5.41) is 3.54. The van der Waals surface area contributed by atoms with Gasteiger partial charge in [-0.3, -0.25) is 0 Å². The Balaban J connectivity index is 1.98. The van der Waals surface area contributed by atoms with Crippen LogP contribution >= 0.6 is 11.6 Å². The van der Waals surface area contributed by atoms with Gasteiger partial charge in [0, 0.05) is 12.2 Å². The third-order valence-corrected chi connectivity index (χ3v) is 3.46. The Bertz CT molecular complexity index is 362. The first-order chi connectivity index (χ1) is 8.25. The van der Waals surface area contributed by atoms with Gasteiger partial charge in [-0.2, -0.15) is 0 Å². The van der Waals surface area contributed by atoms with Crippen molar-refractivity contribution in [1.82, 2.24) is 4.98 Å². The number of pyridine rings is 1. The van der Waals surface area contributed by atoms with Crippen molar-refractivity contribution < 1.29 is 4.39 Å². The third-order valence-electron chi connectivity index (χ3n) is 3.25. The van der Waals surface area contributed by atoms with E-state index in [2.05, 4.69) is 10.3 Å². The van der Waals surface area contributed by atoms with Crippen molar-refractivity contribution in [3.05, 3.63) is 23.1 Å². The summed E-state index contributed by atoms with van der Waals surface area (Å²) in [6.45, 7) is 0. The van der Waals surface area contributed by atoms with Gasteiger partial charge in [-0.05, 0) is 18.9 Å². The van der Waals surface area contributed by atoms with E-state index in [4.69, 9.17) is 11.6 Å². The van der Waals surface area contributed by atoms with Crippen molar-refractivity contribution in [3.8, 4) is 0 Å². The van der Waals surface area contributed by atoms with E-state index < -0.39 is 0 Å². The fraction of sp³-hybridized carbons (Fsp3) is 0.615. The number of nitrogens with one attached hydrogen (secondary N) is 1. The molecule has 0 amide bonds. The van der Waals surface area contributed by atoms with Gasteiger partial charge in [0.1, 0.15) is 0 Å². The first-order valence-electron chi connectivity index (χ1n) is 6.33. The van der Waals surface area contributed by atoms with Crippen LogP contribution in [0.25, 0.3) is 0 Å². The van der Waals surface area contributed by atoms with E-state index >= 15 is 0 Å². The minimum atomic E-state index is -0.362. The van der Waals surface area contributed by atoms with Gasteiger partial charge in [-0.25, -0.2) is 9.37 Å². The Morgan fingerprint density at radius 2 is 1.82 bits per heavy atom. The maximum Gasteiger partial charge on any atom is 0.166 e. The number of rotatable bonds is 2. The highest BCUT2D eigenvalue weighted by atomic mass is 35.5. The molecule has 1 saturated carbocycles. The molecule has 2 rings (SSSR count). The van der Waals surface area contributed by atoms with Gasteiger partial charge < -0.3 is 5.32 Å². The van der Waals surface area contributed by atoms with E-state index in [9.17, 15) is 4.39 Å². The number of aromatic nitrogens is 1. The monoisotopic (exact) mass is 256 g/mol. The van der Waals surface area contributed by atoms with Crippen molar-refractivity contribution in [1.29, 1.82) is 0 Å². The molecule has 0 aromatic carbocycles. The Hall–Kier alpha value is -0.830. The lowest BCUT2D eigenvalue weighted by Crippen LogP contribution is -2.21. The Morgan fingerprint density at radius 3 is 2.47 bits per heavy atom. The summed E-state index contributed by atoms with van der Waals surface area (Å²) in [4.78, 5) is 4.01. The summed E-state index contributed by atoms with van der Waals surface area (Å²) in [6.07, 6.45) is 10.0. The van der Waals surface area contributed by atoms with Crippen LogP contribution < -0.4 is 5.32 Å². The molecule has 1 aliphatic rings. The first kappa shape index (κ1) is 12.6.